The SMILES string of the molecule is CCN(C1CC2CCC(C1)N2)C(C)C(=O)N1CCOCC1. The number of carbonyl (C=O) groups excluding carboxylic acids is 1. The molecule has 5 heteroatoms. The van der Waals surface area contributed by atoms with E-state index in [4.69, 9.17) is 4.74 Å². The van der Waals surface area contributed by atoms with Crippen LogP contribution in [-0.4, -0.2) is 72.7 Å². The largest absolute Gasteiger partial charge is 0.378 e. The lowest BCUT2D eigenvalue weighted by Gasteiger charge is -2.41. The second kappa shape index (κ2) is 6.63. The van der Waals surface area contributed by atoms with Crippen molar-refractivity contribution in [3.8, 4) is 0 Å². The zero-order valence-corrected chi connectivity index (χ0v) is 13.4. The summed E-state index contributed by atoms with van der Waals surface area (Å²) >= 11 is 0. The average molecular weight is 295 g/mol. The second-order valence-corrected chi connectivity index (χ2v) is 6.71. The Morgan fingerprint density at radius 3 is 2.48 bits per heavy atom. The van der Waals surface area contributed by atoms with Crippen LogP contribution in [0.25, 0.3) is 0 Å². The van der Waals surface area contributed by atoms with Gasteiger partial charge in [0.25, 0.3) is 0 Å². The second-order valence-electron chi connectivity index (χ2n) is 6.71. The first-order valence-electron chi connectivity index (χ1n) is 8.57. The average Bonchev–Trinajstić information content (AvgIpc) is 2.86. The third-order valence-corrected chi connectivity index (χ3v) is 5.46. The lowest BCUT2D eigenvalue weighted by atomic mass is 9.96. The number of morpholine rings is 1. The summed E-state index contributed by atoms with van der Waals surface area (Å²) in [6, 6.07) is 1.91. The third kappa shape index (κ3) is 3.25. The van der Waals surface area contributed by atoms with E-state index in [0.29, 0.717) is 31.3 Å². The van der Waals surface area contributed by atoms with Crippen LogP contribution >= 0.6 is 0 Å². The fourth-order valence-corrected chi connectivity index (χ4v) is 4.34. The van der Waals surface area contributed by atoms with Gasteiger partial charge in [-0.15, -0.1) is 0 Å². The van der Waals surface area contributed by atoms with Gasteiger partial charge in [-0.1, -0.05) is 6.92 Å². The van der Waals surface area contributed by atoms with Crippen molar-refractivity contribution >= 4 is 5.91 Å². The molecule has 5 nitrogen and oxygen atoms in total. The van der Waals surface area contributed by atoms with E-state index in [-0.39, 0.29) is 11.9 Å². The fraction of sp³-hybridized carbons (Fsp3) is 0.938. The number of rotatable bonds is 4. The molecule has 0 saturated carbocycles. The van der Waals surface area contributed by atoms with Crippen molar-refractivity contribution < 1.29 is 9.53 Å². The Kier molecular flexibility index (Phi) is 4.82. The van der Waals surface area contributed by atoms with Crippen LogP contribution in [0.5, 0.6) is 0 Å². The quantitative estimate of drug-likeness (QED) is 0.835. The number of fused-ring (bicyclic) bond motifs is 2. The van der Waals surface area contributed by atoms with E-state index in [2.05, 4.69) is 24.1 Å². The van der Waals surface area contributed by atoms with Crippen LogP contribution in [0.2, 0.25) is 0 Å². The van der Waals surface area contributed by atoms with Crippen molar-refractivity contribution in [1.29, 1.82) is 0 Å². The van der Waals surface area contributed by atoms with Gasteiger partial charge in [-0.25, -0.2) is 0 Å². The summed E-state index contributed by atoms with van der Waals surface area (Å²) in [5.41, 5.74) is 0. The summed E-state index contributed by atoms with van der Waals surface area (Å²) in [5, 5.41) is 3.69. The molecular weight excluding hydrogens is 266 g/mol. The van der Waals surface area contributed by atoms with E-state index in [0.717, 1.165) is 19.6 Å². The molecule has 0 aromatic heterocycles. The molecule has 0 radical (unpaired) electrons. The monoisotopic (exact) mass is 295 g/mol. The van der Waals surface area contributed by atoms with Crippen LogP contribution < -0.4 is 5.32 Å². The lowest BCUT2D eigenvalue weighted by molar-refractivity contribution is -0.141. The van der Waals surface area contributed by atoms with Crippen molar-refractivity contribution in [1.82, 2.24) is 15.1 Å². The minimum atomic E-state index is -0.00407. The standard InChI is InChI=1S/C16H29N3O2/c1-3-19(15-10-13-4-5-14(11-15)17-13)12(2)16(20)18-6-8-21-9-7-18/h12-15,17H,3-11H2,1-2H3. The van der Waals surface area contributed by atoms with Crippen molar-refractivity contribution in [3.05, 3.63) is 0 Å². The van der Waals surface area contributed by atoms with E-state index < -0.39 is 0 Å². The predicted molar refractivity (Wildman–Crippen MR) is 82.2 cm³/mol. The Hall–Kier alpha value is -0.650. The first-order valence-corrected chi connectivity index (χ1v) is 8.57. The minimum absolute atomic E-state index is 0.00407. The number of nitrogens with zero attached hydrogens (tertiary/aromatic N) is 2. The lowest BCUT2D eigenvalue weighted by Crippen LogP contribution is -2.56. The van der Waals surface area contributed by atoms with Gasteiger partial charge >= 0.3 is 0 Å². The highest BCUT2D eigenvalue weighted by Gasteiger charge is 2.38. The van der Waals surface area contributed by atoms with Crippen LogP contribution in [0.15, 0.2) is 0 Å². The van der Waals surface area contributed by atoms with Gasteiger partial charge < -0.3 is 15.0 Å². The molecule has 1 N–H and O–H groups in total. The van der Waals surface area contributed by atoms with Gasteiger partial charge in [0.2, 0.25) is 5.91 Å². The highest BCUT2D eigenvalue weighted by molar-refractivity contribution is 5.81. The molecular formula is C16H29N3O2. The molecule has 21 heavy (non-hydrogen) atoms. The molecule has 3 unspecified atom stereocenters. The Bertz CT molecular complexity index is 359. The first-order chi connectivity index (χ1) is 10.2. The van der Waals surface area contributed by atoms with Crippen molar-refractivity contribution in [2.75, 3.05) is 32.8 Å². The molecule has 3 aliphatic heterocycles. The summed E-state index contributed by atoms with van der Waals surface area (Å²) in [6.07, 6.45) is 5.02. The van der Waals surface area contributed by atoms with Gasteiger partial charge in [0.1, 0.15) is 0 Å². The van der Waals surface area contributed by atoms with Crippen molar-refractivity contribution in [3.63, 3.8) is 0 Å². The van der Waals surface area contributed by atoms with Crippen LogP contribution in [-0.2, 0) is 9.53 Å². The minimum Gasteiger partial charge on any atom is -0.378 e. The highest BCUT2D eigenvalue weighted by Crippen LogP contribution is 2.30. The maximum absolute atomic E-state index is 12.7. The predicted octanol–water partition coefficient (Wildman–Crippen LogP) is 0.839. The molecule has 0 aromatic rings. The molecule has 0 aliphatic carbocycles. The van der Waals surface area contributed by atoms with Gasteiger partial charge in [0, 0.05) is 31.2 Å². The topological polar surface area (TPSA) is 44.8 Å². The first kappa shape index (κ1) is 15.3. The summed E-state index contributed by atoms with van der Waals surface area (Å²) in [6.45, 7) is 8.10. The van der Waals surface area contributed by atoms with Gasteiger partial charge in [-0.3, -0.25) is 9.69 Å². The van der Waals surface area contributed by atoms with Crippen LogP contribution in [0, 0.1) is 0 Å². The molecule has 3 saturated heterocycles. The maximum atomic E-state index is 12.7. The molecule has 0 aromatic carbocycles. The van der Waals surface area contributed by atoms with Crippen LogP contribution in [0.1, 0.15) is 39.5 Å². The van der Waals surface area contributed by atoms with Crippen molar-refractivity contribution in [2.24, 2.45) is 0 Å². The van der Waals surface area contributed by atoms with E-state index in [9.17, 15) is 4.79 Å². The van der Waals surface area contributed by atoms with Gasteiger partial charge in [-0.2, -0.15) is 0 Å². The molecule has 3 atom stereocenters. The van der Waals surface area contributed by atoms with Gasteiger partial charge in [0.15, 0.2) is 0 Å². The molecule has 3 heterocycles. The molecule has 120 valence electrons. The third-order valence-electron chi connectivity index (χ3n) is 5.46. The Morgan fingerprint density at radius 1 is 1.29 bits per heavy atom. The Labute approximate surface area is 128 Å². The molecule has 3 fully saturated rings. The number of nitrogens with one attached hydrogen (secondary N) is 1. The number of likely N-dealkylation sites (N-methyl/N-ethyl adjacent to an activating group) is 1. The number of ether oxygens (including phenoxy) is 1. The zero-order valence-electron chi connectivity index (χ0n) is 13.4. The fourth-order valence-electron chi connectivity index (χ4n) is 4.34. The molecule has 0 spiro atoms. The maximum Gasteiger partial charge on any atom is 0.239 e. The van der Waals surface area contributed by atoms with Crippen molar-refractivity contribution in [2.45, 2.75) is 63.7 Å². The number of carbonyl (C=O) groups is 1. The molecule has 3 aliphatic rings. The highest BCUT2D eigenvalue weighted by atomic mass is 16.5. The Balaban J connectivity index is 1.63. The van der Waals surface area contributed by atoms with E-state index in [1.807, 2.05) is 4.90 Å². The number of amides is 1. The van der Waals surface area contributed by atoms with E-state index in [1.165, 1.54) is 25.7 Å². The van der Waals surface area contributed by atoms with Gasteiger partial charge in [0.05, 0.1) is 19.3 Å². The smallest absolute Gasteiger partial charge is 0.239 e. The van der Waals surface area contributed by atoms with Gasteiger partial charge in [-0.05, 0) is 39.2 Å². The number of hydrogen-bond acceptors (Lipinski definition) is 4. The molecule has 3 rings (SSSR count). The van der Waals surface area contributed by atoms with E-state index >= 15 is 0 Å². The van der Waals surface area contributed by atoms with Crippen LogP contribution in [0.3, 0.4) is 0 Å². The summed E-state index contributed by atoms with van der Waals surface area (Å²) < 4.78 is 5.35. The van der Waals surface area contributed by atoms with Crippen LogP contribution in [0.4, 0.5) is 0 Å². The summed E-state index contributed by atoms with van der Waals surface area (Å²) in [4.78, 5) is 17.1. The number of hydrogen-bond donors (Lipinski definition) is 1. The summed E-state index contributed by atoms with van der Waals surface area (Å²) in [5.74, 6) is 0.283. The van der Waals surface area contributed by atoms with E-state index in [1.54, 1.807) is 0 Å². The summed E-state index contributed by atoms with van der Waals surface area (Å²) in [7, 11) is 0. The normalized spacial score (nSPS) is 34.2. The Morgan fingerprint density at radius 2 is 1.90 bits per heavy atom. The number of piperidine rings is 1. The molecule has 2 bridgehead atoms. The zero-order chi connectivity index (χ0) is 14.8. The molecule has 1 amide bonds.